The average molecular weight is 564 g/mol. The summed E-state index contributed by atoms with van der Waals surface area (Å²) in [5.41, 5.74) is 3.96. The molecule has 10 heteroatoms. The zero-order chi connectivity index (χ0) is 29.1. The van der Waals surface area contributed by atoms with Crippen LogP contribution in [0.2, 0.25) is 0 Å². The highest BCUT2D eigenvalue weighted by atomic mass is 19.3. The SMILES string of the molecule is CCC(C(C)O)n1ccn(-c2ccc(N3CCN(c4ccc(-c5ccc(C(F)(F)CO)nc5)cc4)CC3)cc2)c1=O. The molecule has 8 nitrogen and oxygen atoms in total. The highest BCUT2D eigenvalue weighted by Gasteiger charge is 2.32. The molecule has 2 aromatic carbocycles. The lowest BCUT2D eigenvalue weighted by Crippen LogP contribution is -2.46. The molecule has 0 aliphatic carbocycles. The molecule has 1 fully saturated rings. The molecule has 41 heavy (non-hydrogen) atoms. The van der Waals surface area contributed by atoms with Gasteiger partial charge in [0.15, 0.2) is 0 Å². The number of piperazine rings is 1. The smallest absolute Gasteiger partial charge is 0.333 e. The van der Waals surface area contributed by atoms with E-state index in [1.165, 1.54) is 12.3 Å². The van der Waals surface area contributed by atoms with E-state index in [4.69, 9.17) is 5.11 Å². The van der Waals surface area contributed by atoms with Gasteiger partial charge in [0.2, 0.25) is 0 Å². The number of benzene rings is 2. The van der Waals surface area contributed by atoms with E-state index in [-0.39, 0.29) is 11.7 Å². The van der Waals surface area contributed by atoms with E-state index in [1.54, 1.807) is 34.5 Å². The predicted molar refractivity (Wildman–Crippen MR) is 156 cm³/mol. The van der Waals surface area contributed by atoms with E-state index >= 15 is 0 Å². The van der Waals surface area contributed by atoms with Gasteiger partial charge in [-0.1, -0.05) is 25.1 Å². The fraction of sp³-hybridized carbons (Fsp3) is 0.355. The van der Waals surface area contributed by atoms with Crippen LogP contribution in [0.3, 0.4) is 0 Å². The van der Waals surface area contributed by atoms with Gasteiger partial charge in [0.25, 0.3) is 0 Å². The zero-order valence-corrected chi connectivity index (χ0v) is 23.2. The Morgan fingerprint density at radius 3 is 1.88 bits per heavy atom. The first-order valence-electron chi connectivity index (χ1n) is 13.9. The van der Waals surface area contributed by atoms with Gasteiger partial charge >= 0.3 is 11.6 Å². The van der Waals surface area contributed by atoms with Crippen LogP contribution in [-0.4, -0.2) is 63.2 Å². The summed E-state index contributed by atoms with van der Waals surface area (Å²) in [6.07, 6.45) is 4.93. The van der Waals surface area contributed by atoms with Crippen LogP contribution in [0.25, 0.3) is 16.8 Å². The normalized spacial score (nSPS) is 15.7. The molecule has 1 aliphatic rings. The maximum atomic E-state index is 13.6. The van der Waals surface area contributed by atoms with Gasteiger partial charge in [0.05, 0.1) is 17.8 Å². The fourth-order valence-electron chi connectivity index (χ4n) is 5.38. The largest absolute Gasteiger partial charge is 0.391 e. The molecule has 5 rings (SSSR count). The third-order valence-electron chi connectivity index (χ3n) is 7.81. The van der Waals surface area contributed by atoms with Crippen LogP contribution in [-0.2, 0) is 5.92 Å². The van der Waals surface area contributed by atoms with Crippen molar-refractivity contribution in [2.45, 2.75) is 38.3 Å². The van der Waals surface area contributed by atoms with Crippen molar-refractivity contribution in [1.29, 1.82) is 0 Å². The molecule has 2 atom stereocenters. The van der Waals surface area contributed by atoms with Gasteiger partial charge in [-0.3, -0.25) is 14.1 Å². The van der Waals surface area contributed by atoms with E-state index in [0.717, 1.165) is 54.4 Å². The molecule has 0 saturated carbocycles. The molecule has 0 spiro atoms. The van der Waals surface area contributed by atoms with E-state index in [1.807, 2.05) is 55.5 Å². The summed E-state index contributed by atoms with van der Waals surface area (Å²) in [5.74, 6) is -3.35. The molecule has 2 aromatic heterocycles. The van der Waals surface area contributed by atoms with Crippen molar-refractivity contribution in [3.63, 3.8) is 0 Å². The first kappa shape index (κ1) is 28.5. The van der Waals surface area contributed by atoms with Crippen LogP contribution >= 0.6 is 0 Å². The fourth-order valence-corrected chi connectivity index (χ4v) is 5.38. The summed E-state index contributed by atoms with van der Waals surface area (Å²) >= 11 is 0. The van der Waals surface area contributed by atoms with Gasteiger partial charge in [-0.05, 0) is 61.4 Å². The molecule has 0 bridgehead atoms. The summed E-state index contributed by atoms with van der Waals surface area (Å²) in [4.78, 5) is 21.4. The van der Waals surface area contributed by atoms with Gasteiger partial charge in [0.1, 0.15) is 12.3 Å². The Hall–Kier alpha value is -4.02. The Morgan fingerprint density at radius 1 is 0.854 bits per heavy atom. The molecule has 0 radical (unpaired) electrons. The zero-order valence-electron chi connectivity index (χ0n) is 23.2. The first-order chi connectivity index (χ1) is 19.7. The second-order valence-corrected chi connectivity index (χ2v) is 10.4. The summed E-state index contributed by atoms with van der Waals surface area (Å²) in [6.45, 7) is 5.75. The van der Waals surface area contributed by atoms with Crippen molar-refractivity contribution in [3.8, 4) is 16.8 Å². The summed E-state index contributed by atoms with van der Waals surface area (Å²) < 4.78 is 30.5. The average Bonchev–Trinajstić information content (AvgIpc) is 3.38. The van der Waals surface area contributed by atoms with Crippen LogP contribution in [0.5, 0.6) is 0 Å². The van der Waals surface area contributed by atoms with Crippen LogP contribution in [0.4, 0.5) is 20.2 Å². The molecule has 3 heterocycles. The second-order valence-electron chi connectivity index (χ2n) is 10.4. The standard InChI is InChI=1S/C31H35F2N5O3/c1-3-28(22(2)40)38-19-18-37(30(38)41)27-11-9-26(10-12-27)36-16-14-35(15-17-36)25-7-4-23(5-8-25)24-6-13-29(34-20-24)31(32,33)21-39/h4-13,18-20,22,28,39-40H,3,14-17,21H2,1-2H3. The van der Waals surface area contributed by atoms with Crippen LogP contribution < -0.4 is 15.5 Å². The predicted octanol–water partition coefficient (Wildman–Crippen LogP) is 4.44. The van der Waals surface area contributed by atoms with Crippen LogP contribution in [0, 0.1) is 0 Å². The number of rotatable bonds is 9. The Bertz CT molecular complexity index is 1490. The number of aliphatic hydroxyl groups is 2. The topological polar surface area (TPSA) is 86.8 Å². The third-order valence-corrected chi connectivity index (χ3v) is 7.81. The quantitative estimate of drug-likeness (QED) is 0.313. The number of alkyl halides is 2. The minimum atomic E-state index is -3.35. The Balaban J connectivity index is 1.20. The lowest BCUT2D eigenvalue weighted by Gasteiger charge is -2.37. The van der Waals surface area contributed by atoms with Gasteiger partial charge in [-0.2, -0.15) is 8.78 Å². The minimum Gasteiger partial charge on any atom is -0.391 e. The first-order valence-corrected chi connectivity index (χ1v) is 13.9. The molecule has 2 N–H and O–H groups in total. The Labute approximate surface area is 237 Å². The lowest BCUT2D eigenvalue weighted by atomic mass is 10.1. The molecule has 1 saturated heterocycles. The van der Waals surface area contributed by atoms with E-state index in [9.17, 15) is 18.7 Å². The van der Waals surface area contributed by atoms with Crippen LogP contribution in [0.15, 0.2) is 84.0 Å². The van der Waals surface area contributed by atoms with Crippen molar-refractivity contribution in [3.05, 3.63) is 95.4 Å². The van der Waals surface area contributed by atoms with E-state index in [2.05, 4.69) is 14.8 Å². The summed E-state index contributed by atoms with van der Waals surface area (Å²) in [6, 6.07) is 18.5. The number of imidazole rings is 1. The van der Waals surface area contributed by atoms with Crippen molar-refractivity contribution < 1.29 is 19.0 Å². The Kier molecular flexibility index (Phi) is 8.23. The second kappa shape index (κ2) is 11.8. The molecular weight excluding hydrogens is 528 g/mol. The molecule has 2 unspecified atom stereocenters. The number of pyridine rings is 1. The summed E-state index contributed by atoms with van der Waals surface area (Å²) in [5, 5.41) is 18.9. The lowest BCUT2D eigenvalue weighted by molar-refractivity contribution is -0.0592. The van der Waals surface area contributed by atoms with E-state index in [0.29, 0.717) is 6.42 Å². The monoisotopic (exact) mass is 563 g/mol. The maximum absolute atomic E-state index is 13.6. The number of nitrogens with zero attached hydrogens (tertiary/aromatic N) is 5. The number of anilines is 2. The van der Waals surface area contributed by atoms with Gasteiger partial charge in [0, 0.05) is 61.7 Å². The Morgan fingerprint density at radius 2 is 1.39 bits per heavy atom. The van der Waals surface area contributed by atoms with Crippen molar-refractivity contribution in [2.24, 2.45) is 0 Å². The van der Waals surface area contributed by atoms with Crippen molar-refractivity contribution >= 4 is 11.4 Å². The van der Waals surface area contributed by atoms with E-state index < -0.39 is 24.3 Å². The highest BCUT2D eigenvalue weighted by Crippen LogP contribution is 2.29. The highest BCUT2D eigenvalue weighted by molar-refractivity contribution is 5.66. The third kappa shape index (κ3) is 5.89. The number of halogens is 2. The van der Waals surface area contributed by atoms with Crippen molar-refractivity contribution in [2.75, 3.05) is 42.6 Å². The number of aliphatic hydroxyl groups excluding tert-OH is 2. The van der Waals surface area contributed by atoms with Gasteiger partial charge < -0.3 is 20.0 Å². The van der Waals surface area contributed by atoms with Crippen molar-refractivity contribution in [1.82, 2.24) is 14.1 Å². The molecule has 216 valence electrons. The minimum absolute atomic E-state index is 0.165. The summed E-state index contributed by atoms with van der Waals surface area (Å²) in [7, 11) is 0. The van der Waals surface area contributed by atoms with Gasteiger partial charge in [-0.25, -0.2) is 4.79 Å². The maximum Gasteiger partial charge on any atom is 0.333 e. The van der Waals surface area contributed by atoms with Crippen LogP contribution in [0.1, 0.15) is 32.0 Å². The number of aromatic nitrogens is 3. The molecule has 1 aliphatic heterocycles. The number of hydrogen-bond donors (Lipinski definition) is 2. The number of hydrogen-bond acceptors (Lipinski definition) is 6. The molecular formula is C31H35F2N5O3. The molecule has 4 aromatic rings. The van der Waals surface area contributed by atoms with Gasteiger partial charge in [-0.15, -0.1) is 0 Å². The molecule has 0 amide bonds.